The summed E-state index contributed by atoms with van der Waals surface area (Å²) in [6.07, 6.45) is 1.43. The molecule has 0 amide bonds. The van der Waals surface area contributed by atoms with Crippen LogP contribution in [-0.4, -0.2) is 46.3 Å². The molecule has 2 fully saturated rings. The molecule has 0 saturated heterocycles. The van der Waals surface area contributed by atoms with Gasteiger partial charge in [-0.05, 0) is 48.5 Å². The highest BCUT2D eigenvalue weighted by molar-refractivity contribution is 5.90. The fourth-order valence-electron chi connectivity index (χ4n) is 6.11. The van der Waals surface area contributed by atoms with E-state index in [4.69, 9.17) is 9.15 Å². The number of hydrogen-bond donors (Lipinski definition) is 3. The molecule has 0 spiro atoms. The van der Waals surface area contributed by atoms with Crippen LogP contribution < -0.4 is 0 Å². The quantitative estimate of drug-likeness (QED) is 0.595. The van der Waals surface area contributed by atoms with Crippen molar-refractivity contribution >= 4 is 17.7 Å². The van der Waals surface area contributed by atoms with Crippen molar-refractivity contribution in [2.24, 2.45) is 28.6 Å². The average molecular weight is 422 g/mol. The fraction of sp³-hybridized carbons (Fsp3) is 0.682. The second kappa shape index (κ2) is 8.15. The van der Waals surface area contributed by atoms with Crippen LogP contribution in [-0.2, 0) is 19.1 Å². The number of esters is 1. The number of hydrogen-bond acceptors (Lipinski definition) is 7. The summed E-state index contributed by atoms with van der Waals surface area (Å²) in [5.41, 5.74) is -1.22. The van der Waals surface area contributed by atoms with E-state index in [0.717, 1.165) is 0 Å². The Labute approximate surface area is 175 Å². The minimum absolute atomic E-state index is 0.0114. The SMILES string of the molecule is COC(=O)[C@@H]1C[C@H](O)C(=O)[C@H]2[C@@]1(C)CCC(CC(=O)O)[C@@]2(C)C[C@@H](O)c1ccoc1. The predicted octanol–water partition coefficient (Wildman–Crippen LogP) is 2.34. The molecule has 1 unspecified atom stereocenters. The van der Waals surface area contributed by atoms with Gasteiger partial charge in [0.05, 0.1) is 31.7 Å². The number of carbonyl (C=O) groups is 3. The number of rotatable bonds is 6. The lowest BCUT2D eigenvalue weighted by atomic mass is 9.43. The Morgan fingerprint density at radius 1 is 1.37 bits per heavy atom. The van der Waals surface area contributed by atoms with E-state index < -0.39 is 58.5 Å². The summed E-state index contributed by atoms with van der Waals surface area (Å²) in [4.78, 5) is 37.4. The summed E-state index contributed by atoms with van der Waals surface area (Å²) < 4.78 is 10.0. The zero-order valence-corrected chi connectivity index (χ0v) is 17.5. The van der Waals surface area contributed by atoms with E-state index in [2.05, 4.69) is 0 Å². The van der Waals surface area contributed by atoms with Gasteiger partial charge >= 0.3 is 11.9 Å². The van der Waals surface area contributed by atoms with Gasteiger partial charge in [0.25, 0.3) is 0 Å². The molecule has 7 atom stereocenters. The van der Waals surface area contributed by atoms with Crippen LogP contribution in [0.1, 0.15) is 57.6 Å². The van der Waals surface area contributed by atoms with E-state index in [-0.39, 0.29) is 19.3 Å². The maximum absolute atomic E-state index is 13.3. The van der Waals surface area contributed by atoms with Gasteiger partial charge in [0.1, 0.15) is 6.10 Å². The Balaban J connectivity index is 2.08. The van der Waals surface area contributed by atoms with Crippen molar-refractivity contribution in [2.45, 2.75) is 58.2 Å². The van der Waals surface area contributed by atoms with Gasteiger partial charge in [-0.15, -0.1) is 0 Å². The van der Waals surface area contributed by atoms with Crippen LogP contribution in [0, 0.1) is 28.6 Å². The number of methoxy groups -OCH3 is 1. The highest BCUT2D eigenvalue weighted by Gasteiger charge is 2.64. The van der Waals surface area contributed by atoms with E-state index in [1.54, 1.807) is 13.0 Å². The zero-order chi connectivity index (χ0) is 22.3. The lowest BCUT2D eigenvalue weighted by Gasteiger charge is -2.60. The van der Waals surface area contributed by atoms with Gasteiger partial charge in [0.15, 0.2) is 5.78 Å². The molecule has 3 N–H and O–H groups in total. The molecule has 2 aliphatic carbocycles. The number of aliphatic hydroxyl groups is 2. The highest BCUT2D eigenvalue weighted by atomic mass is 16.5. The molecule has 8 heteroatoms. The van der Waals surface area contributed by atoms with Crippen LogP contribution in [0.3, 0.4) is 0 Å². The molecule has 0 radical (unpaired) electrons. The minimum atomic E-state index is -1.33. The van der Waals surface area contributed by atoms with Crippen molar-refractivity contribution in [3.63, 3.8) is 0 Å². The third-order valence-electron chi connectivity index (χ3n) is 7.62. The van der Waals surface area contributed by atoms with Gasteiger partial charge in [-0.3, -0.25) is 14.4 Å². The Kier molecular flexibility index (Phi) is 6.11. The maximum atomic E-state index is 13.3. The summed E-state index contributed by atoms with van der Waals surface area (Å²) in [7, 11) is 1.28. The van der Waals surface area contributed by atoms with Gasteiger partial charge in [-0.25, -0.2) is 0 Å². The van der Waals surface area contributed by atoms with Gasteiger partial charge in [0, 0.05) is 17.9 Å². The Hall–Kier alpha value is -2.19. The second-order valence-electron chi connectivity index (χ2n) is 9.28. The van der Waals surface area contributed by atoms with Crippen LogP contribution in [0.15, 0.2) is 23.0 Å². The first-order valence-electron chi connectivity index (χ1n) is 10.3. The van der Waals surface area contributed by atoms with E-state index in [0.29, 0.717) is 18.4 Å². The fourth-order valence-corrected chi connectivity index (χ4v) is 6.11. The van der Waals surface area contributed by atoms with Crippen LogP contribution in [0.2, 0.25) is 0 Å². The Morgan fingerprint density at radius 2 is 2.07 bits per heavy atom. The number of Topliss-reactive ketones (excluding diaryl/α,β-unsaturated/α-hetero) is 1. The second-order valence-corrected chi connectivity index (χ2v) is 9.28. The molecule has 1 aromatic heterocycles. The smallest absolute Gasteiger partial charge is 0.309 e. The summed E-state index contributed by atoms with van der Waals surface area (Å²) in [6, 6.07) is 1.62. The largest absolute Gasteiger partial charge is 0.481 e. The topological polar surface area (TPSA) is 134 Å². The molecular weight excluding hydrogens is 392 g/mol. The molecule has 2 saturated carbocycles. The molecule has 8 nitrogen and oxygen atoms in total. The lowest BCUT2D eigenvalue weighted by Crippen LogP contribution is -2.62. The molecular formula is C22H30O8. The number of carbonyl (C=O) groups excluding carboxylic acids is 2. The molecule has 1 aromatic rings. The third-order valence-corrected chi connectivity index (χ3v) is 7.62. The number of carboxylic acids is 1. The summed E-state index contributed by atoms with van der Waals surface area (Å²) in [5.74, 6) is -3.74. The van der Waals surface area contributed by atoms with E-state index in [9.17, 15) is 29.7 Å². The number of furan rings is 1. The van der Waals surface area contributed by atoms with Crippen molar-refractivity contribution in [1.29, 1.82) is 0 Å². The van der Waals surface area contributed by atoms with Crippen LogP contribution in [0.4, 0.5) is 0 Å². The number of ether oxygens (including phenoxy) is 1. The summed E-state index contributed by atoms with van der Waals surface area (Å²) in [5, 5.41) is 30.9. The van der Waals surface area contributed by atoms with E-state index in [1.165, 1.54) is 19.6 Å². The minimum Gasteiger partial charge on any atom is -0.481 e. The van der Waals surface area contributed by atoms with E-state index >= 15 is 0 Å². The highest BCUT2D eigenvalue weighted by Crippen LogP contribution is 2.63. The summed E-state index contributed by atoms with van der Waals surface area (Å²) >= 11 is 0. The monoisotopic (exact) mass is 422 g/mol. The van der Waals surface area contributed by atoms with Gasteiger partial charge in [0.2, 0.25) is 0 Å². The number of fused-ring (bicyclic) bond motifs is 1. The number of aliphatic carboxylic acids is 1. The Bertz CT molecular complexity index is 802. The van der Waals surface area contributed by atoms with Crippen molar-refractivity contribution in [3.05, 3.63) is 24.2 Å². The molecule has 0 aromatic carbocycles. The molecule has 0 bridgehead atoms. The predicted molar refractivity (Wildman–Crippen MR) is 104 cm³/mol. The molecule has 2 aliphatic rings. The van der Waals surface area contributed by atoms with Crippen molar-refractivity contribution < 1.29 is 38.9 Å². The number of ketones is 1. The normalized spacial score (nSPS) is 37.3. The Morgan fingerprint density at radius 3 is 2.63 bits per heavy atom. The lowest BCUT2D eigenvalue weighted by molar-refractivity contribution is -0.187. The van der Waals surface area contributed by atoms with Gasteiger partial charge in [-0.2, -0.15) is 0 Å². The first kappa shape index (κ1) is 22.5. The first-order valence-corrected chi connectivity index (χ1v) is 10.3. The molecule has 166 valence electrons. The van der Waals surface area contributed by atoms with Crippen LogP contribution >= 0.6 is 0 Å². The average Bonchev–Trinajstić information content (AvgIpc) is 3.21. The molecule has 0 aliphatic heterocycles. The molecule has 3 rings (SSSR count). The van der Waals surface area contributed by atoms with Crippen molar-refractivity contribution in [2.75, 3.05) is 7.11 Å². The zero-order valence-electron chi connectivity index (χ0n) is 17.5. The van der Waals surface area contributed by atoms with Gasteiger partial charge in [-0.1, -0.05) is 13.8 Å². The molecule has 1 heterocycles. The van der Waals surface area contributed by atoms with Crippen molar-refractivity contribution in [1.82, 2.24) is 0 Å². The standard InChI is InChI=1S/C22H30O8/c1-21-6-4-13(8-17(25)26)22(2,10-16(24)12-5-7-30-11-12)19(21)18(27)15(23)9-14(21)20(28)29-3/h5,7,11,13-16,19,23-24H,4,6,8-10H2,1-3H3,(H,25,26)/t13?,14-,15-,16+,19-,21-,22+/m0/s1. The van der Waals surface area contributed by atoms with Gasteiger partial charge < -0.3 is 24.5 Å². The van der Waals surface area contributed by atoms with E-state index in [1.807, 2.05) is 6.92 Å². The number of aliphatic hydroxyl groups excluding tert-OH is 2. The first-order chi connectivity index (χ1) is 14.0. The number of carboxylic acid groups (broad SMARTS) is 1. The van der Waals surface area contributed by atoms with Crippen LogP contribution in [0.25, 0.3) is 0 Å². The third kappa shape index (κ3) is 3.67. The molecule has 30 heavy (non-hydrogen) atoms. The maximum Gasteiger partial charge on any atom is 0.309 e. The van der Waals surface area contributed by atoms with Crippen molar-refractivity contribution in [3.8, 4) is 0 Å². The summed E-state index contributed by atoms with van der Waals surface area (Å²) in [6.45, 7) is 3.65. The van der Waals surface area contributed by atoms with Crippen LogP contribution in [0.5, 0.6) is 0 Å².